The summed E-state index contributed by atoms with van der Waals surface area (Å²) in [6, 6.07) is 0. The van der Waals surface area contributed by atoms with E-state index in [-0.39, 0.29) is 11.1 Å². The van der Waals surface area contributed by atoms with Gasteiger partial charge in [-0.2, -0.15) is 0 Å². The lowest BCUT2D eigenvalue weighted by Crippen LogP contribution is -2.11. The standard InChI is InChI=1S/C14H18N4O2S/c1-14(2,3)13-18-9(8-21-13)4-5-15-11-7-16-10(6-17-11)12(19)20/h6-8H,4-5H2,1-3H3,(H,15,17)(H,19,20). The van der Waals surface area contributed by atoms with Crippen molar-refractivity contribution < 1.29 is 9.90 Å². The van der Waals surface area contributed by atoms with Crippen molar-refractivity contribution in [1.82, 2.24) is 15.0 Å². The van der Waals surface area contributed by atoms with Crippen molar-refractivity contribution >= 4 is 23.1 Å². The van der Waals surface area contributed by atoms with Gasteiger partial charge in [-0.15, -0.1) is 11.3 Å². The molecule has 0 spiro atoms. The van der Waals surface area contributed by atoms with Gasteiger partial charge in [-0.1, -0.05) is 20.8 Å². The molecule has 0 saturated heterocycles. The molecule has 2 heterocycles. The van der Waals surface area contributed by atoms with Gasteiger partial charge in [0.1, 0.15) is 5.82 Å². The van der Waals surface area contributed by atoms with Crippen LogP contribution in [0.15, 0.2) is 17.8 Å². The van der Waals surface area contributed by atoms with Crippen LogP contribution in [0.2, 0.25) is 0 Å². The van der Waals surface area contributed by atoms with E-state index >= 15 is 0 Å². The minimum Gasteiger partial charge on any atom is -0.476 e. The van der Waals surface area contributed by atoms with Crippen LogP contribution < -0.4 is 5.32 Å². The molecule has 0 aliphatic carbocycles. The van der Waals surface area contributed by atoms with Crippen molar-refractivity contribution in [1.29, 1.82) is 0 Å². The van der Waals surface area contributed by atoms with Crippen LogP contribution >= 0.6 is 11.3 Å². The number of thiazole rings is 1. The number of rotatable bonds is 5. The van der Waals surface area contributed by atoms with Gasteiger partial charge in [0.25, 0.3) is 0 Å². The molecule has 2 N–H and O–H groups in total. The van der Waals surface area contributed by atoms with Crippen molar-refractivity contribution in [2.75, 3.05) is 11.9 Å². The Bertz CT molecular complexity index is 617. The fourth-order valence-corrected chi connectivity index (χ4v) is 2.56. The van der Waals surface area contributed by atoms with Crippen LogP contribution in [0.25, 0.3) is 0 Å². The highest BCUT2D eigenvalue weighted by Gasteiger charge is 2.17. The number of nitrogens with one attached hydrogen (secondary N) is 1. The molecule has 2 aromatic rings. The van der Waals surface area contributed by atoms with Crippen molar-refractivity contribution in [3.05, 3.63) is 34.2 Å². The maximum atomic E-state index is 10.7. The second-order valence-electron chi connectivity index (χ2n) is 5.66. The van der Waals surface area contributed by atoms with Crippen LogP contribution in [0.3, 0.4) is 0 Å². The van der Waals surface area contributed by atoms with Crippen LogP contribution in [-0.4, -0.2) is 32.6 Å². The van der Waals surface area contributed by atoms with Crippen LogP contribution in [-0.2, 0) is 11.8 Å². The van der Waals surface area contributed by atoms with E-state index in [1.54, 1.807) is 11.3 Å². The average molecular weight is 306 g/mol. The Morgan fingerprint density at radius 2 is 2.10 bits per heavy atom. The van der Waals surface area contributed by atoms with E-state index in [0.29, 0.717) is 12.4 Å². The SMILES string of the molecule is CC(C)(C)c1nc(CCNc2cnc(C(=O)O)cn2)cs1. The van der Waals surface area contributed by atoms with Crippen LogP contribution in [0.5, 0.6) is 0 Å². The molecule has 0 radical (unpaired) electrons. The number of anilines is 1. The van der Waals surface area contributed by atoms with Gasteiger partial charge in [0.15, 0.2) is 5.69 Å². The van der Waals surface area contributed by atoms with E-state index in [1.165, 1.54) is 12.4 Å². The zero-order valence-electron chi connectivity index (χ0n) is 12.3. The summed E-state index contributed by atoms with van der Waals surface area (Å²) in [7, 11) is 0. The molecule has 0 unspecified atom stereocenters. The molecule has 0 aliphatic heterocycles. The van der Waals surface area contributed by atoms with Crippen molar-refractivity contribution in [3.63, 3.8) is 0 Å². The van der Waals surface area contributed by atoms with Gasteiger partial charge < -0.3 is 10.4 Å². The Labute approximate surface area is 127 Å². The summed E-state index contributed by atoms with van der Waals surface area (Å²) >= 11 is 1.68. The fraction of sp³-hybridized carbons (Fsp3) is 0.429. The highest BCUT2D eigenvalue weighted by Crippen LogP contribution is 2.25. The van der Waals surface area contributed by atoms with Crippen LogP contribution in [0.4, 0.5) is 5.82 Å². The maximum Gasteiger partial charge on any atom is 0.356 e. The molecule has 0 atom stereocenters. The topological polar surface area (TPSA) is 88.0 Å². The first-order chi connectivity index (χ1) is 9.86. The third-order valence-electron chi connectivity index (χ3n) is 2.75. The van der Waals surface area contributed by atoms with Gasteiger partial charge >= 0.3 is 5.97 Å². The highest BCUT2D eigenvalue weighted by atomic mass is 32.1. The first kappa shape index (κ1) is 15.4. The largest absolute Gasteiger partial charge is 0.476 e. The van der Waals surface area contributed by atoms with Gasteiger partial charge in [0.05, 0.1) is 23.1 Å². The van der Waals surface area contributed by atoms with Crippen molar-refractivity contribution in [2.45, 2.75) is 32.6 Å². The molecule has 2 rings (SSSR count). The molecule has 7 heteroatoms. The Morgan fingerprint density at radius 3 is 2.62 bits per heavy atom. The van der Waals surface area contributed by atoms with E-state index in [4.69, 9.17) is 5.11 Å². The molecular formula is C14H18N4O2S. The summed E-state index contributed by atoms with van der Waals surface area (Å²) in [5.41, 5.74) is 1.07. The third-order valence-corrected chi connectivity index (χ3v) is 4.07. The molecule has 2 aromatic heterocycles. The predicted molar refractivity (Wildman–Crippen MR) is 82.0 cm³/mol. The highest BCUT2D eigenvalue weighted by molar-refractivity contribution is 7.09. The smallest absolute Gasteiger partial charge is 0.356 e. The maximum absolute atomic E-state index is 10.7. The summed E-state index contributed by atoms with van der Waals surface area (Å²) in [6.07, 6.45) is 3.45. The number of nitrogens with zero attached hydrogens (tertiary/aromatic N) is 3. The van der Waals surface area contributed by atoms with Crippen molar-refractivity contribution in [3.8, 4) is 0 Å². The first-order valence-corrected chi connectivity index (χ1v) is 7.48. The Hall–Kier alpha value is -2.02. The number of carboxylic acid groups (broad SMARTS) is 1. The Morgan fingerprint density at radius 1 is 1.33 bits per heavy atom. The lowest BCUT2D eigenvalue weighted by Gasteiger charge is -2.13. The third kappa shape index (κ3) is 4.22. The number of hydrogen-bond acceptors (Lipinski definition) is 6. The number of aromatic nitrogens is 3. The van der Waals surface area contributed by atoms with E-state index in [2.05, 4.69) is 46.4 Å². The van der Waals surface area contributed by atoms with Gasteiger partial charge in [-0.3, -0.25) is 0 Å². The lowest BCUT2D eigenvalue weighted by atomic mass is 9.98. The minimum absolute atomic E-state index is 0.0603. The monoisotopic (exact) mass is 306 g/mol. The van der Waals surface area contributed by atoms with Gasteiger partial charge in [0, 0.05) is 23.8 Å². The molecular weight excluding hydrogens is 288 g/mol. The van der Waals surface area contributed by atoms with E-state index < -0.39 is 5.97 Å². The molecule has 0 fully saturated rings. The number of carboxylic acids is 1. The van der Waals surface area contributed by atoms with Gasteiger partial charge in [0.2, 0.25) is 0 Å². The molecule has 0 saturated carbocycles. The Balaban J connectivity index is 1.86. The van der Waals surface area contributed by atoms with E-state index in [1.807, 2.05) is 0 Å². The van der Waals surface area contributed by atoms with Crippen molar-refractivity contribution in [2.24, 2.45) is 0 Å². The summed E-state index contributed by atoms with van der Waals surface area (Å²) < 4.78 is 0. The van der Waals surface area contributed by atoms with E-state index in [9.17, 15) is 4.79 Å². The second kappa shape index (κ2) is 6.17. The zero-order chi connectivity index (χ0) is 15.5. The predicted octanol–water partition coefficient (Wildman–Crippen LogP) is 2.58. The van der Waals surface area contributed by atoms with E-state index in [0.717, 1.165) is 17.1 Å². The molecule has 6 nitrogen and oxygen atoms in total. The number of aromatic carboxylic acids is 1. The molecule has 0 aliphatic rings. The average Bonchev–Trinajstić information content (AvgIpc) is 2.88. The Kier molecular flexibility index (Phi) is 4.52. The normalized spacial score (nSPS) is 11.4. The molecule has 112 valence electrons. The van der Waals surface area contributed by atoms with Crippen LogP contribution in [0, 0.1) is 0 Å². The zero-order valence-corrected chi connectivity index (χ0v) is 13.1. The van der Waals surface area contributed by atoms with Gasteiger partial charge in [-0.05, 0) is 0 Å². The number of hydrogen-bond donors (Lipinski definition) is 2. The van der Waals surface area contributed by atoms with Crippen LogP contribution in [0.1, 0.15) is 42.0 Å². The molecule has 21 heavy (non-hydrogen) atoms. The van der Waals surface area contributed by atoms with Gasteiger partial charge in [-0.25, -0.2) is 19.7 Å². The molecule has 0 amide bonds. The molecule has 0 bridgehead atoms. The lowest BCUT2D eigenvalue weighted by molar-refractivity contribution is 0.0690. The molecule has 0 aromatic carbocycles. The first-order valence-electron chi connectivity index (χ1n) is 6.60. The quantitative estimate of drug-likeness (QED) is 0.882. The minimum atomic E-state index is -1.08. The number of carbonyl (C=O) groups is 1. The summed E-state index contributed by atoms with van der Waals surface area (Å²) in [5, 5.41) is 15.0. The second-order valence-corrected chi connectivity index (χ2v) is 6.52. The summed E-state index contributed by atoms with van der Waals surface area (Å²) in [6.45, 7) is 7.11. The summed E-state index contributed by atoms with van der Waals surface area (Å²) in [5.74, 6) is -0.516. The summed E-state index contributed by atoms with van der Waals surface area (Å²) in [4.78, 5) is 23.1. The fourth-order valence-electron chi connectivity index (χ4n) is 1.61.